The average molecular weight is 314 g/mol. The smallest absolute Gasteiger partial charge is 0.298 e. The second-order valence-electron chi connectivity index (χ2n) is 4.82. The highest BCUT2D eigenvalue weighted by atomic mass is 16.5. The van der Waals surface area contributed by atoms with E-state index in [1.807, 2.05) is 6.08 Å². The number of allylic oxidation sites excluding steroid dienone is 2. The number of methoxy groups -OCH3 is 1. The van der Waals surface area contributed by atoms with Gasteiger partial charge in [0.2, 0.25) is 0 Å². The van der Waals surface area contributed by atoms with Crippen LogP contribution in [0.15, 0.2) is 47.4 Å². The minimum atomic E-state index is -1.35. The second-order valence-corrected chi connectivity index (χ2v) is 4.82. The number of ether oxygens (including phenoxy) is 2. The first-order chi connectivity index (χ1) is 11.2. The molecule has 8 heteroatoms. The molecule has 0 saturated heterocycles. The second kappa shape index (κ2) is 6.49. The number of hydrogen-bond acceptors (Lipinski definition) is 6. The summed E-state index contributed by atoms with van der Waals surface area (Å²) in [5.41, 5.74) is 0. The Bertz CT molecular complexity index is 711. The molecule has 1 unspecified atom stereocenters. The Morgan fingerprint density at radius 2 is 2.04 bits per heavy atom. The predicted octanol–water partition coefficient (Wildman–Crippen LogP) is 0.124. The van der Waals surface area contributed by atoms with Crippen LogP contribution in [-0.2, 0) is 19.1 Å². The third kappa shape index (κ3) is 3.16. The Kier molecular flexibility index (Phi) is 4.24. The Balaban J connectivity index is 1.79. The quantitative estimate of drug-likeness (QED) is 0.792. The molecule has 2 aliphatic rings. The number of nitrogens with zero attached hydrogens (tertiary/aromatic N) is 3. The first kappa shape index (κ1) is 15.0. The van der Waals surface area contributed by atoms with Gasteiger partial charge in [0.15, 0.2) is 11.7 Å². The minimum Gasteiger partial charge on any atom is -0.472 e. The van der Waals surface area contributed by atoms with Gasteiger partial charge >= 0.3 is 0 Å². The summed E-state index contributed by atoms with van der Waals surface area (Å²) in [6.07, 6.45) is 7.27. The van der Waals surface area contributed by atoms with Crippen molar-refractivity contribution < 1.29 is 19.1 Å². The normalized spacial score (nSPS) is 23.9. The Labute approximate surface area is 131 Å². The van der Waals surface area contributed by atoms with E-state index in [-0.39, 0.29) is 17.8 Å². The lowest BCUT2D eigenvalue weighted by atomic mass is 10.1. The third-order valence-electron chi connectivity index (χ3n) is 3.31. The van der Waals surface area contributed by atoms with Crippen molar-refractivity contribution in [3.63, 3.8) is 0 Å². The van der Waals surface area contributed by atoms with Gasteiger partial charge in [0.25, 0.3) is 17.9 Å². The number of rotatable bonds is 4. The molecule has 2 amide bonds. The number of amides is 2. The molecule has 0 radical (unpaired) electrons. The van der Waals surface area contributed by atoms with Gasteiger partial charge in [0.05, 0.1) is 0 Å². The molecule has 1 aromatic heterocycles. The molecule has 1 aliphatic carbocycles. The fourth-order valence-electron chi connectivity index (χ4n) is 2.17. The molecule has 0 aromatic carbocycles. The van der Waals surface area contributed by atoms with Gasteiger partial charge in [0.1, 0.15) is 11.9 Å². The van der Waals surface area contributed by atoms with Gasteiger partial charge < -0.3 is 14.8 Å². The van der Waals surface area contributed by atoms with Crippen LogP contribution in [0, 0.1) is 0 Å². The first-order valence-corrected chi connectivity index (χ1v) is 6.96. The summed E-state index contributed by atoms with van der Waals surface area (Å²) in [4.78, 5) is 36.0. The summed E-state index contributed by atoms with van der Waals surface area (Å²) in [5, 5.41) is 2.49. The van der Waals surface area contributed by atoms with E-state index in [2.05, 4.69) is 20.3 Å². The van der Waals surface area contributed by atoms with E-state index in [0.29, 0.717) is 12.2 Å². The van der Waals surface area contributed by atoms with E-state index < -0.39 is 17.9 Å². The monoisotopic (exact) mass is 314 g/mol. The van der Waals surface area contributed by atoms with Crippen molar-refractivity contribution >= 4 is 17.6 Å². The fourth-order valence-corrected chi connectivity index (χ4v) is 2.17. The van der Waals surface area contributed by atoms with E-state index in [0.717, 1.165) is 0 Å². The Morgan fingerprint density at radius 1 is 1.26 bits per heavy atom. The van der Waals surface area contributed by atoms with Crippen LogP contribution in [-0.4, -0.2) is 46.9 Å². The topological polar surface area (TPSA) is 103 Å². The lowest BCUT2D eigenvalue weighted by molar-refractivity contribution is -0.141. The molecule has 1 N–H and O–H groups in total. The number of aliphatic imine (C=N–C) groups is 1. The van der Waals surface area contributed by atoms with E-state index in [4.69, 9.17) is 9.47 Å². The fraction of sp³-hybridized carbons (Fsp3) is 0.267. The van der Waals surface area contributed by atoms with Gasteiger partial charge in [0, 0.05) is 19.5 Å². The Hall–Kier alpha value is -2.87. The van der Waals surface area contributed by atoms with Crippen LogP contribution in [0.3, 0.4) is 0 Å². The van der Waals surface area contributed by atoms with Crippen LogP contribution in [0.5, 0.6) is 0 Å². The maximum absolute atomic E-state index is 12.2. The zero-order valence-electron chi connectivity index (χ0n) is 12.3. The van der Waals surface area contributed by atoms with E-state index in [1.54, 1.807) is 18.2 Å². The summed E-state index contributed by atoms with van der Waals surface area (Å²) in [6, 6.07) is 1.62. The number of hydrogen-bond donors (Lipinski definition) is 1. The largest absolute Gasteiger partial charge is 0.472 e. The average Bonchev–Trinajstić information content (AvgIpc) is 2.59. The summed E-state index contributed by atoms with van der Waals surface area (Å²) < 4.78 is 10.8. The lowest BCUT2D eigenvalue weighted by Gasteiger charge is -2.25. The number of nitrogens with one attached hydrogen (secondary N) is 1. The van der Waals surface area contributed by atoms with E-state index >= 15 is 0 Å². The molecule has 8 nitrogen and oxygen atoms in total. The molecule has 2 atom stereocenters. The highest BCUT2D eigenvalue weighted by Crippen LogP contribution is 2.20. The molecule has 1 aromatic rings. The van der Waals surface area contributed by atoms with Gasteiger partial charge in [-0.3, -0.25) is 9.59 Å². The van der Waals surface area contributed by atoms with Gasteiger partial charge in [-0.25, -0.2) is 9.97 Å². The van der Waals surface area contributed by atoms with E-state index in [1.165, 1.54) is 19.5 Å². The van der Waals surface area contributed by atoms with Crippen LogP contribution in [0.25, 0.3) is 0 Å². The molecular formula is C15H14N4O4. The SMILES string of the molecule is COC1CC=CC=C1O[C@H]1C(=O)N=C(c2ncccn2)NC1=O. The third-order valence-corrected chi connectivity index (χ3v) is 3.31. The van der Waals surface area contributed by atoms with Crippen molar-refractivity contribution in [2.45, 2.75) is 18.6 Å². The summed E-state index contributed by atoms with van der Waals surface area (Å²) in [6.45, 7) is 0. The standard InChI is InChI=1S/C15H14N4O4/c1-22-9-5-2-3-6-10(9)23-11-14(20)18-13(19-15(11)21)12-16-7-4-8-17-12/h2-4,6-9,11H,5H2,1H3,(H,18,19,20,21). The van der Waals surface area contributed by atoms with Gasteiger partial charge in [-0.15, -0.1) is 0 Å². The molecule has 1 aliphatic heterocycles. The maximum atomic E-state index is 12.2. The molecule has 0 spiro atoms. The molecule has 0 bridgehead atoms. The summed E-state index contributed by atoms with van der Waals surface area (Å²) >= 11 is 0. The highest BCUT2D eigenvalue weighted by Gasteiger charge is 2.36. The molecule has 2 heterocycles. The van der Waals surface area contributed by atoms with Crippen molar-refractivity contribution in [2.75, 3.05) is 7.11 Å². The molecule has 0 saturated carbocycles. The van der Waals surface area contributed by atoms with Crippen LogP contribution in [0.2, 0.25) is 0 Å². The van der Waals surface area contributed by atoms with Crippen LogP contribution in [0.4, 0.5) is 0 Å². The van der Waals surface area contributed by atoms with Crippen molar-refractivity contribution in [1.29, 1.82) is 0 Å². The van der Waals surface area contributed by atoms with Crippen molar-refractivity contribution in [1.82, 2.24) is 15.3 Å². The van der Waals surface area contributed by atoms with Crippen LogP contribution >= 0.6 is 0 Å². The highest BCUT2D eigenvalue weighted by molar-refractivity contribution is 6.21. The number of amidine groups is 1. The molecule has 23 heavy (non-hydrogen) atoms. The van der Waals surface area contributed by atoms with Crippen LogP contribution in [0.1, 0.15) is 12.2 Å². The maximum Gasteiger partial charge on any atom is 0.298 e. The van der Waals surface area contributed by atoms with Gasteiger partial charge in [-0.2, -0.15) is 4.99 Å². The zero-order valence-corrected chi connectivity index (χ0v) is 12.3. The number of carbonyl (C=O) groups excluding carboxylic acids is 2. The van der Waals surface area contributed by atoms with Gasteiger partial charge in [-0.1, -0.05) is 12.2 Å². The summed E-state index contributed by atoms with van der Waals surface area (Å²) in [5.74, 6) is -0.721. The van der Waals surface area contributed by atoms with Gasteiger partial charge in [-0.05, 0) is 18.6 Å². The van der Waals surface area contributed by atoms with Crippen LogP contribution < -0.4 is 5.32 Å². The first-order valence-electron chi connectivity index (χ1n) is 6.96. The molecular weight excluding hydrogens is 300 g/mol. The van der Waals surface area contributed by atoms with Crippen molar-refractivity contribution in [3.05, 3.63) is 48.3 Å². The van der Waals surface area contributed by atoms with Crippen molar-refractivity contribution in [2.24, 2.45) is 4.99 Å². The summed E-state index contributed by atoms with van der Waals surface area (Å²) in [7, 11) is 1.53. The minimum absolute atomic E-state index is 0.0151. The zero-order chi connectivity index (χ0) is 16.2. The molecule has 3 rings (SSSR count). The molecule has 0 fully saturated rings. The van der Waals surface area contributed by atoms with Crippen molar-refractivity contribution in [3.8, 4) is 0 Å². The van der Waals surface area contributed by atoms with E-state index in [9.17, 15) is 9.59 Å². The number of aromatic nitrogens is 2. The Morgan fingerprint density at radius 3 is 2.74 bits per heavy atom. The lowest BCUT2D eigenvalue weighted by Crippen LogP contribution is -2.49. The molecule has 118 valence electrons. The predicted molar refractivity (Wildman–Crippen MR) is 79.2 cm³/mol. The number of carbonyl (C=O) groups is 2.